The fourth-order valence-electron chi connectivity index (χ4n) is 5.26. The molecular formula is C26H29N3O2. The lowest BCUT2D eigenvalue weighted by molar-refractivity contribution is 0.0623. The third-order valence-electron chi connectivity index (χ3n) is 6.65. The van der Waals surface area contributed by atoms with E-state index in [-0.39, 0.29) is 5.91 Å². The van der Waals surface area contributed by atoms with E-state index in [4.69, 9.17) is 4.74 Å². The van der Waals surface area contributed by atoms with Crippen molar-refractivity contribution in [2.75, 3.05) is 20.2 Å². The maximum absolute atomic E-state index is 13.0. The Morgan fingerprint density at radius 2 is 1.81 bits per heavy atom. The van der Waals surface area contributed by atoms with E-state index < -0.39 is 0 Å². The highest BCUT2D eigenvalue weighted by molar-refractivity contribution is 5.95. The highest BCUT2D eigenvalue weighted by Gasteiger charge is 2.27. The van der Waals surface area contributed by atoms with Crippen LogP contribution in [0.1, 0.15) is 41.8 Å². The highest BCUT2D eigenvalue weighted by Crippen LogP contribution is 2.38. The zero-order valence-corrected chi connectivity index (χ0v) is 18.4. The predicted molar refractivity (Wildman–Crippen MR) is 122 cm³/mol. The minimum Gasteiger partial charge on any atom is -0.497 e. The number of fused-ring (bicyclic) bond motifs is 3. The Morgan fingerprint density at radius 1 is 1.06 bits per heavy atom. The number of aromatic amines is 1. The van der Waals surface area contributed by atoms with Crippen LogP contribution in [0.4, 0.5) is 0 Å². The number of aromatic nitrogens is 2. The highest BCUT2D eigenvalue weighted by atomic mass is 16.5. The van der Waals surface area contributed by atoms with Gasteiger partial charge in [0, 0.05) is 35.3 Å². The summed E-state index contributed by atoms with van der Waals surface area (Å²) in [6.45, 7) is 6.16. The van der Waals surface area contributed by atoms with Crippen molar-refractivity contribution in [3.8, 4) is 28.3 Å². The number of nitrogens with one attached hydrogen (secondary N) is 1. The van der Waals surface area contributed by atoms with Crippen molar-refractivity contribution in [3.63, 3.8) is 0 Å². The first-order chi connectivity index (χ1) is 15.0. The van der Waals surface area contributed by atoms with Gasteiger partial charge in [-0.3, -0.25) is 9.89 Å². The van der Waals surface area contributed by atoms with E-state index in [1.807, 2.05) is 35.2 Å². The van der Waals surface area contributed by atoms with Crippen LogP contribution in [-0.4, -0.2) is 41.2 Å². The average molecular weight is 416 g/mol. The van der Waals surface area contributed by atoms with E-state index in [9.17, 15) is 4.79 Å². The first-order valence-electron chi connectivity index (χ1n) is 11.2. The number of hydrogen-bond donors (Lipinski definition) is 1. The normalized spacial score (nSPS) is 20.2. The molecule has 1 fully saturated rings. The van der Waals surface area contributed by atoms with Crippen LogP contribution < -0.4 is 4.74 Å². The molecule has 2 aliphatic rings. The maximum atomic E-state index is 13.0. The summed E-state index contributed by atoms with van der Waals surface area (Å²) in [6.07, 6.45) is 3.10. The van der Waals surface area contributed by atoms with Gasteiger partial charge >= 0.3 is 0 Å². The lowest BCUT2D eigenvalue weighted by Gasteiger charge is -2.35. The summed E-state index contributed by atoms with van der Waals surface area (Å²) in [7, 11) is 1.70. The molecule has 1 saturated heterocycles. The van der Waals surface area contributed by atoms with Gasteiger partial charge in [-0.15, -0.1) is 0 Å². The standard InChI is InChI=1S/C26H29N3O2/c1-16-12-17(2)15-29(14-16)26(30)19-6-4-18(5-7-19)24-23-10-8-20-13-21(31-3)9-11-22(20)25(23)28-27-24/h4-7,9,11,13,16-17H,8,10,12,14-15H2,1-3H3,(H,27,28). The van der Waals surface area contributed by atoms with Gasteiger partial charge in [-0.2, -0.15) is 5.10 Å². The van der Waals surface area contributed by atoms with Crippen molar-refractivity contribution < 1.29 is 9.53 Å². The molecule has 1 aromatic heterocycles. The smallest absolute Gasteiger partial charge is 0.253 e. The van der Waals surface area contributed by atoms with Crippen LogP contribution in [0.5, 0.6) is 5.75 Å². The second-order valence-corrected chi connectivity index (χ2v) is 9.18. The van der Waals surface area contributed by atoms with Gasteiger partial charge in [0.2, 0.25) is 0 Å². The van der Waals surface area contributed by atoms with E-state index in [1.54, 1.807) is 7.11 Å². The van der Waals surface area contributed by atoms with Crippen molar-refractivity contribution in [1.82, 2.24) is 15.1 Å². The number of ether oxygens (including phenoxy) is 1. The average Bonchev–Trinajstić information content (AvgIpc) is 3.22. The zero-order valence-electron chi connectivity index (χ0n) is 18.4. The fourth-order valence-corrected chi connectivity index (χ4v) is 5.26. The lowest BCUT2D eigenvalue weighted by Crippen LogP contribution is -2.42. The number of aryl methyl sites for hydroxylation is 1. The second-order valence-electron chi connectivity index (χ2n) is 9.18. The molecule has 1 amide bonds. The van der Waals surface area contributed by atoms with Crippen LogP contribution in [0.3, 0.4) is 0 Å². The quantitative estimate of drug-likeness (QED) is 0.657. The Kier molecular flexibility index (Phi) is 5.05. The molecule has 2 unspecified atom stereocenters. The summed E-state index contributed by atoms with van der Waals surface area (Å²) >= 11 is 0. The van der Waals surface area contributed by atoms with Crippen LogP contribution in [0.25, 0.3) is 22.5 Å². The summed E-state index contributed by atoms with van der Waals surface area (Å²) < 4.78 is 5.37. The molecule has 31 heavy (non-hydrogen) atoms. The van der Waals surface area contributed by atoms with Crippen LogP contribution in [0.15, 0.2) is 42.5 Å². The van der Waals surface area contributed by atoms with E-state index in [0.717, 1.165) is 54.2 Å². The number of hydrogen-bond acceptors (Lipinski definition) is 3. The van der Waals surface area contributed by atoms with Crippen molar-refractivity contribution >= 4 is 5.91 Å². The van der Waals surface area contributed by atoms with Gasteiger partial charge in [0.25, 0.3) is 5.91 Å². The van der Waals surface area contributed by atoms with Crippen molar-refractivity contribution in [2.45, 2.75) is 33.1 Å². The lowest BCUT2D eigenvalue weighted by atomic mass is 9.87. The largest absolute Gasteiger partial charge is 0.497 e. The summed E-state index contributed by atoms with van der Waals surface area (Å²) in [5.41, 5.74) is 7.61. The summed E-state index contributed by atoms with van der Waals surface area (Å²) in [5, 5.41) is 7.89. The molecule has 0 spiro atoms. The number of amides is 1. The van der Waals surface area contributed by atoms with E-state index >= 15 is 0 Å². The van der Waals surface area contributed by atoms with Crippen molar-refractivity contribution in [2.24, 2.45) is 11.8 Å². The minimum atomic E-state index is 0.136. The van der Waals surface area contributed by atoms with Gasteiger partial charge in [0.1, 0.15) is 5.75 Å². The summed E-state index contributed by atoms with van der Waals surface area (Å²) in [6, 6.07) is 14.2. The molecule has 5 heteroatoms. The number of methoxy groups -OCH3 is 1. The zero-order chi connectivity index (χ0) is 21.5. The number of H-pyrrole nitrogens is 1. The molecule has 1 aliphatic carbocycles. The van der Waals surface area contributed by atoms with Gasteiger partial charge in [-0.1, -0.05) is 26.0 Å². The Hall–Kier alpha value is -3.08. The molecule has 1 aliphatic heterocycles. The molecule has 1 N–H and O–H groups in total. The molecule has 0 bridgehead atoms. The number of carbonyl (C=O) groups excluding carboxylic acids is 1. The number of carbonyl (C=O) groups is 1. The number of rotatable bonds is 3. The predicted octanol–water partition coefficient (Wildman–Crippen LogP) is 4.97. The summed E-state index contributed by atoms with van der Waals surface area (Å²) in [4.78, 5) is 15.0. The van der Waals surface area contributed by atoms with Crippen LogP contribution in [-0.2, 0) is 12.8 Å². The third-order valence-corrected chi connectivity index (χ3v) is 6.65. The molecule has 160 valence electrons. The number of likely N-dealkylation sites (tertiary alicyclic amines) is 1. The first kappa shape index (κ1) is 19.9. The number of piperidine rings is 1. The monoisotopic (exact) mass is 415 g/mol. The molecule has 5 rings (SSSR count). The van der Waals surface area contributed by atoms with Crippen LogP contribution >= 0.6 is 0 Å². The molecule has 5 nitrogen and oxygen atoms in total. The van der Waals surface area contributed by atoms with E-state index in [0.29, 0.717) is 11.8 Å². The van der Waals surface area contributed by atoms with Crippen LogP contribution in [0.2, 0.25) is 0 Å². The van der Waals surface area contributed by atoms with E-state index in [2.05, 4.69) is 36.2 Å². The van der Waals surface area contributed by atoms with Gasteiger partial charge < -0.3 is 9.64 Å². The SMILES string of the molecule is COc1ccc2c(c1)CCc1c(-c3ccc(C(=O)N4CC(C)CC(C)C4)cc3)n[nH]c1-2. The van der Waals surface area contributed by atoms with E-state index in [1.165, 1.54) is 23.1 Å². The number of benzene rings is 2. The Labute approximate surface area is 183 Å². The molecule has 3 aromatic rings. The summed E-state index contributed by atoms with van der Waals surface area (Å²) in [5.74, 6) is 2.15. The Morgan fingerprint density at radius 3 is 2.52 bits per heavy atom. The third kappa shape index (κ3) is 3.62. The van der Waals surface area contributed by atoms with Gasteiger partial charge in [0.05, 0.1) is 18.5 Å². The molecule has 0 radical (unpaired) electrons. The fraction of sp³-hybridized carbons (Fsp3) is 0.385. The molecule has 2 heterocycles. The maximum Gasteiger partial charge on any atom is 0.253 e. The topological polar surface area (TPSA) is 58.2 Å². The number of nitrogens with zero attached hydrogens (tertiary/aromatic N) is 2. The van der Waals surface area contributed by atoms with Gasteiger partial charge in [0.15, 0.2) is 0 Å². The van der Waals surface area contributed by atoms with Gasteiger partial charge in [-0.05, 0) is 67.0 Å². The minimum absolute atomic E-state index is 0.136. The molecule has 2 aromatic carbocycles. The van der Waals surface area contributed by atoms with Crippen molar-refractivity contribution in [1.29, 1.82) is 0 Å². The molecule has 2 atom stereocenters. The second kappa shape index (κ2) is 7.88. The molecule has 0 saturated carbocycles. The van der Waals surface area contributed by atoms with Crippen LogP contribution in [0, 0.1) is 11.8 Å². The Bertz CT molecular complexity index is 1110. The Balaban J connectivity index is 1.40. The van der Waals surface area contributed by atoms with Crippen molar-refractivity contribution in [3.05, 3.63) is 59.2 Å². The first-order valence-corrected chi connectivity index (χ1v) is 11.2. The van der Waals surface area contributed by atoms with Gasteiger partial charge in [-0.25, -0.2) is 0 Å². The molecular weight excluding hydrogens is 386 g/mol.